The van der Waals surface area contributed by atoms with E-state index in [1.165, 1.54) is 14.2 Å². The molecular weight excluding hydrogens is 443 g/mol. The Hall–Kier alpha value is -1.89. The molecule has 0 bridgehead atoms. The van der Waals surface area contributed by atoms with Crippen LogP contribution in [0.15, 0.2) is 18.2 Å². The van der Waals surface area contributed by atoms with Crippen molar-refractivity contribution in [3.05, 3.63) is 34.3 Å². The molecule has 0 saturated heterocycles. The molecule has 2 aromatic carbocycles. The number of hydrogen-bond donors (Lipinski definition) is 0. The number of halogens is 3. The molecule has 0 fully saturated rings. The van der Waals surface area contributed by atoms with Crippen molar-refractivity contribution in [3.8, 4) is 34.5 Å². The van der Waals surface area contributed by atoms with E-state index >= 15 is 0 Å². The molecule has 9 heteroatoms. The molecule has 29 heavy (non-hydrogen) atoms. The van der Waals surface area contributed by atoms with Crippen LogP contribution in [0, 0.1) is 0 Å². The van der Waals surface area contributed by atoms with Crippen LogP contribution in [0.25, 0.3) is 0 Å². The first kappa shape index (κ1) is 25.1. The molecule has 0 heterocycles. The van der Waals surface area contributed by atoms with Gasteiger partial charge < -0.3 is 28.4 Å². The van der Waals surface area contributed by atoms with Crippen LogP contribution in [0.4, 0.5) is 0 Å². The minimum absolute atomic E-state index is 0.287. The zero-order valence-electron chi connectivity index (χ0n) is 17.2. The SMILES string of the molecule is COc1cc(CCl)c(Cl)c(OC)c1OC.COc1cc(CCl)cc(OC)c1OC. The monoisotopic (exact) mass is 466 g/mol. The van der Waals surface area contributed by atoms with Crippen LogP contribution in [0.3, 0.4) is 0 Å². The fraction of sp³-hybridized carbons (Fsp3) is 0.400. The summed E-state index contributed by atoms with van der Waals surface area (Å²) in [5.74, 6) is 4.00. The Morgan fingerprint density at radius 3 is 1.38 bits per heavy atom. The lowest BCUT2D eigenvalue weighted by Crippen LogP contribution is -1.97. The highest BCUT2D eigenvalue weighted by molar-refractivity contribution is 6.34. The molecule has 162 valence electrons. The zero-order chi connectivity index (χ0) is 22.0. The Bertz CT molecular complexity index is 773. The smallest absolute Gasteiger partial charge is 0.204 e. The number of methoxy groups -OCH3 is 6. The summed E-state index contributed by atoms with van der Waals surface area (Å²) in [6, 6.07) is 5.39. The third kappa shape index (κ3) is 6.04. The van der Waals surface area contributed by atoms with Crippen LogP contribution in [-0.2, 0) is 11.8 Å². The lowest BCUT2D eigenvalue weighted by molar-refractivity contribution is 0.324. The van der Waals surface area contributed by atoms with Crippen LogP contribution < -0.4 is 28.4 Å². The summed E-state index contributed by atoms with van der Waals surface area (Å²) in [6.07, 6.45) is 0. The molecule has 2 rings (SSSR count). The van der Waals surface area contributed by atoms with Gasteiger partial charge in [0.05, 0.1) is 47.7 Å². The number of ether oxygens (including phenoxy) is 6. The zero-order valence-corrected chi connectivity index (χ0v) is 19.5. The second-order valence-electron chi connectivity index (χ2n) is 5.42. The summed E-state index contributed by atoms with van der Waals surface area (Å²) < 4.78 is 31.0. The molecule has 0 unspecified atom stereocenters. The van der Waals surface area contributed by atoms with Crippen molar-refractivity contribution in [2.45, 2.75) is 11.8 Å². The minimum atomic E-state index is 0.287. The summed E-state index contributed by atoms with van der Waals surface area (Å²) in [5.41, 5.74) is 1.68. The first-order valence-electron chi connectivity index (χ1n) is 8.34. The minimum Gasteiger partial charge on any atom is -0.493 e. The molecule has 0 N–H and O–H groups in total. The maximum atomic E-state index is 6.08. The third-order valence-corrected chi connectivity index (χ3v) is 4.88. The van der Waals surface area contributed by atoms with Gasteiger partial charge >= 0.3 is 0 Å². The Kier molecular flexibility index (Phi) is 10.9. The standard InChI is InChI=1S/C10H12Cl2O3.C10H13ClO3/c1-13-7-4-6(5-11)8(12)10(15-3)9(7)14-2;1-12-8-4-7(6-11)5-9(13-2)10(8)14-3/h4H,5H2,1-3H3;4-5H,6H2,1-3H3. The van der Waals surface area contributed by atoms with E-state index < -0.39 is 0 Å². The van der Waals surface area contributed by atoms with Crippen LogP contribution in [0.2, 0.25) is 5.02 Å². The van der Waals surface area contributed by atoms with Gasteiger partial charge in [0.1, 0.15) is 0 Å². The number of hydrogen-bond acceptors (Lipinski definition) is 6. The maximum Gasteiger partial charge on any atom is 0.204 e. The first-order chi connectivity index (χ1) is 13.9. The summed E-state index contributed by atoms with van der Waals surface area (Å²) in [6.45, 7) is 0. The van der Waals surface area contributed by atoms with Gasteiger partial charge in [0.2, 0.25) is 11.5 Å². The predicted molar refractivity (Wildman–Crippen MR) is 116 cm³/mol. The molecule has 2 aromatic rings. The van der Waals surface area contributed by atoms with Crippen LogP contribution >= 0.6 is 34.8 Å². The molecule has 0 aliphatic heterocycles. The van der Waals surface area contributed by atoms with Crippen molar-refractivity contribution in [1.29, 1.82) is 0 Å². The summed E-state index contributed by atoms with van der Waals surface area (Å²) in [4.78, 5) is 0. The van der Waals surface area contributed by atoms with Gasteiger partial charge in [0.15, 0.2) is 23.0 Å². The van der Waals surface area contributed by atoms with E-state index in [9.17, 15) is 0 Å². The number of rotatable bonds is 8. The number of benzene rings is 2. The van der Waals surface area contributed by atoms with E-state index in [2.05, 4.69) is 0 Å². The van der Waals surface area contributed by atoms with E-state index in [1.54, 1.807) is 34.5 Å². The second-order valence-corrected chi connectivity index (χ2v) is 6.33. The largest absolute Gasteiger partial charge is 0.493 e. The van der Waals surface area contributed by atoms with Gasteiger partial charge in [-0.25, -0.2) is 0 Å². The normalized spacial score (nSPS) is 9.83. The second kappa shape index (κ2) is 12.6. The van der Waals surface area contributed by atoms with Crippen molar-refractivity contribution in [1.82, 2.24) is 0 Å². The molecule has 0 aliphatic rings. The van der Waals surface area contributed by atoms with Crippen molar-refractivity contribution in [2.75, 3.05) is 42.7 Å². The molecule has 0 aromatic heterocycles. The van der Waals surface area contributed by atoms with E-state index in [4.69, 9.17) is 63.2 Å². The van der Waals surface area contributed by atoms with E-state index in [0.717, 1.165) is 11.1 Å². The van der Waals surface area contributed by atoms with Gasteiger partial charge in [-0.1, -0.05) is 11.6 Å². The van der Waals surface area contributed by atoms with E-state index in [0.29, 0.717) is 45.4 Å². The molecule has 0 aliphatic carbocycles. The fourth-order valence-corrected chi connectivity index (χ4v) is 3.20. The highest BCUT2D eigenvalue weighted by Gasteiger charge is 2.18. The van der Waals surface area contributed by atoms with Crippen LogP contribution in [0.1, 0.15) is 11.1 Å². The maximum absolute atomic E-state index is 6.08. The summed E-state index contributed by atoms with van der Waals surface area (Å²) in [5, 5.41) is 0.449. The van der Waals surface area contributed by atoms with Gasteiger partial charge in [0.25, 0.3) is 0 Å². The lowest BCUT2D eigenvalue weighted by atomic mass is 10.2. The Morgan fingerprint density at radius 2 is 1.03 bits per heavy atom. The highest BCUT2D eigenvalue weighted by atomic mass is 35.5. The summed E-state index contributed by atoms with van der Waals surface area (Å²) in [7, 11) is 9.31. The van der Waals surface area contributed by atoms with Crippen LogP contribution in [-0.4, -0.2) is 42.7 Å². The van der Waals surface area contributed by atoms with Crippen LogP contribution in [0.5, 0.6) is 34.5 Å². The van der Waals surface area contributed by atoms with Crippen molar-refractivity contribution >= 4 is 34.8 Å². The molecular formula is C20H25Cl3O6. The van der Waals surface area contributed by atoms with Crippen molar-refractivity contribution < 1.29 is 28.4 Å². The van der Waals surface area contributed by atoms with Gasteiger partial charge in [0, 0.05) is 11.8 Å². The predicted octanol–water partition coefficient (Wildman–Crippen LogP) is 5.56. The third-order valence-electron chi connectivity index (χ3n) is 3.87. The van der Waals surface area contributed by atoms with Gasteiger partial charge in [-0.05, 0) is 29.3 Å². The molecule has 0 saturated carbocycles. The molecule has 0 amide bonds. The quantitative estimate of drug-likeness (QED) is 0.474. The number of alkyl halides is 2. The van der Waals surface area contributed by atoms with Crippen molar-refractivity contribution in [3.63, 3.8) is 0 Å². The Balaban J connectivity index is 0.000000291. The molecule has 0 spiro atoms. The average Bonchev–Trinajstić information content (AvgIpc) is 2.77. The van der Waals surface area contributed by atoms with Gasteiger partial charge in [-0.2, -0.15) is 0 Å². The fourth-order valence-electron chi connectivity index (χ4n) is 2.48. The van der Waals surface area contributed by atoms with E-state index in [-0.39, 0.29) is 5.88 Å². The highest BCUT2D eigenvalue weighted by Crippen LogP contribution is 2.45. The molecule has 0 radical (unpaired) electrons. The van der Waals surface area contributed by atoms with Gasteiger partial charge in [-0.15, -0.1) is 23.2 Å². The average molecular weight is 468 g/mol. The first-order valence-corrected chi connectivity index (χ1v) is 9.78. The molecule has 0 atom stereocenters. The summed E-state index contributed by atoms with van der Waals surface area (Å²) >= 11 is 17.6. The van der Waals surface area contributed by atoms with E-state index in [1.807, 2.05) is 12.1 Å². The van der Waals surface area contributed by atoms with Gasteiger partial charge in [-0.3, -0.25) is 0 Å². The van der Waals surface area contributed by atoms with Crippen molar-refractivity contribution in [2.24, 2.45) is 0 Å². The lowest BCUT2D eigenvalue weighted by Gasteiger charge is -2.15. The molecule has 6 nitrogen and oxygen atoms in total. The Labute approximate surface area is 186 Å². The Morgan fingerprint density at radius 1 is 0.586 bits per heavy atom. The topological polar surface area (TPSA) is 55.4 Å².